The number of likely N-dealkylation sites (tertiary alicyclic amines) is 1. The van der Waals surface area contributed by atoms with E-state index in [4.69, 9.17) is 9.15 Å². The SMILES string of the molecule is COC(=O)c1[nH]c(C)c(C(O)=C2C(=O)C(=O)N(CCCn3ccnc3)[C@H]2c2ccc(C)o2)c1C. The van der Waals surface area contributed by atoms with Crippen LogP contribution < -0.4 is 0 Å². The molecular formula is C24H26N4O6. The quantitative estimate of drug-likeness (QED) is 0.237. The minimum Gasteiger partial charge on any atom is -0.507 e. The molecule has 34 heavy (non-hydrogen) atoms. The van der Waals surface area contributed by atoms with Gasteiger partial charge in [-0.25, -0.2) is 9.78 Å². The van der Waals surface area contributed by atoms with E-state index in [1.807, 2.05) is 10.8 Å². The lowest BCUT2D eigenvalue weighted by Crippen LogP contribution is -2.31. The van der Waals surface area contributed by atoms with Crippen LogP contribution in [0.25, 0.3) is 5.76 Å². The molecule has 3 aromatic heterocycles. The van der Waals surface area contributed by atoms with Gasteiger partial charge in [-0.2, -0.15) is 0 Å². The first-order valence-electron chi connectivity index (χ1n) is 10.8. The molecule has 1 atom stereocenters. The first-order chi connectivity index (χ1) is 16.2. The molecule has 0 saturated carbocycles. The Morgan fingerprint density at radius 1 is 1.24 bits per heavy atom. The van der Waals surface area contributed by atoms with E-state index >= 15 is 0 Å². The van der Waals surface area contributed by atoms with E-state index < -0.39 is 23.7 Å². The van der Waals surface area contributed by atoms with Crippen molar-refractivity contribution in [1.29, 1.82) is 0 Å². The summed E-state index contributed by atoms with van der Waals surface area (Å²) in [6.07, 6.45) is 5.73. The number of nitrogens with zero attached hydrogens (tertiary/aromatic N) is 3. The third kappa shape index (κ3) is 3.91. The fourth-order valence-corrected chi connectivity index (χ4v) is 4.40. The van der Waals surface area contributed by atoms with Crippen LogP contribution in [-0.4, -0.2) is 55.9 Å². The van der Waals surface area contributed by atoms with Crippen molar-refractivity contribution >= 4 is 23.4 Å². The maximum atomic E-state index is 13.2. The zero-order valence-corrected chi connectivity index (χ0v) is 19.4. The van der Waals surface area contributed by atoms with E-state index in [0.717, 1.165) is 0 Å². The number of imidazole rings is 1. The number of carbonyl (C=O) groups excluding carboxylic acids is 3. The summed E-state index contributed by atoms with van der Waals surface area (Å²) in [5.41, 5.74) is 1.26. The van der Waals surface area contributed by atoms with Crippen molar-refractivity contribution in [2.75, 3.05) is 13.7 Å². The number of ketones is 1. The van der Waals surface area contributed by atoms with Crippen molar-refractivity contribution in [1.82, 2.24) is 19.4 Å². The van der Waals surface area contributed by atoms with Gasteiger partial charge in [-0.3, -0.25) is 9.59 Å². The maximum Gasteiger partial charge on any atom is 0.354 e. The van der Waals surface area contributed by atoms with Gasteiger partial charge in [-0.15, -0.1) is 0 Å². The highest BCUT2D eigenvalue weighted by molar-refractivity contribution is 6.46. The highest BCUT2D eigenvalue weighted by atomic mass is 16.5. The Morgan fingerprint density at radius 3 is 2.62 bits per heavy atom. The summed E-state index contributed by atoms with van der Waals surface area (Å²) in [7, 11) is 1.26. The zero-order chi connectivity index (χ0) is 24.6. The molecule has 0 radical (unpaired) electrons. The first-order valence-corrected chi connectivity index (χ1v) is 10.8. The predicted molar refractivity (Wildman–Crippen MR) is 121 cm³/mol. The maximum absolute atomic E-state index is 13.2. The number of rotatable bonds is 7. The number of H-pyrrole nitrogens is 1. The summed E-state index contributed by atoms with van der Waals surface area (Å²) in [5.74, 6) is -1.50. The molecule has 4 rings (SSSR count). The van der Waals surface area contributed by atoms with Crippen molar-refractivity contribution in [3.05, 3.63) is 70.5 Å². The van der Waals surface area contributed by atoms with Gasteiger partial charge in [0.05, 0.1) is 19.0 Å². The molecule has 1 aliphatic heterocycles. The molecule has 3 aromatic rings. The second-order valence-corrected chi connectivity index (χ2v) is 8.21. The molecule has 0 spiro atoms. The number of aromatic nitrogens is 3. The standard InChI is InChI=1S/C24H26N4O6/c1-13-6-7-16(34-13)20-18(21(29)17-14(2)19(24(32)33-4)26-15(17)3)22(30)23(31)28(20)10-5-9-27-11-8-25-12-27/h6-8,11-12,20,26,29H,5,9-10H2,1-4H3/t20-/m0/s1. The van der Waals surface area contributed by atoms with E-state index in [1.54, 1.807) is 45.4 Å². The number of methoxy groups -OCH3 is 1. The van der Waals surface area contributed by atoms with Gasteiger partial charge in [0.1, 0.15) is 29.0 Å². The Kier molecular flexibility index (Phi) is 6.14. The van der Waals surface area contributed by atoms with Crippen LogP contribution in [0, 0.1) is 20.8 Å². The fourth-order valence-electron chi connectivity index (χ4n) is 4.40. The van der Waals surface area contributed by atoms with E-state index in [0.29, 0.717) is 35.7 Å². The number of furan rings is 1. The topological polar surface area (TPSA) is 131 Å². The number of Topliss-reactive ketones (excluding diaryl/α,β-unsaturated/α-hetero) is 1. The van der Waals surface area contributed by atoms with E-state index in [9.17, 15) is 19.5 Å². The van der Waals surface area contributed by atoms with Crippen LogP contribution in [0.1, 0.15) is 51.3 Å². The Bertz CT molecular complexity index is 1280. The van der Waals surface area contributed by atoms with Gasteiger partial charge in [-0.05, 0) is 44.9 Å². The van der Waals surface area contributed by atoms with Gasteiger partial charge in [-0.1, -0.05) is 0 Å². The lowest BCUT2D eigenvalue weighted by molar-refractivity contribution is -0.140. The molecule has 10 heteroatoms. The summed E-state index contributed by atoms with van der Waals surface area (Å²) >= 11 is 0. The van der Waals surface area contributed by atoms with Gasteiger partial charge in [0.15, 0.2) is 0 Å². The molecule has 10 nitrogen and oxygen atoms in total. The highest BCUT2D eigenvalue weighted by Crippen LogP contribution is 2.41. The second-order valence-electron chi connectivity index (χ2n) is 8.21. The minimum atomic E-state index is -0.897. The highest BCUT2D eigenvalue weighted by Gasteiger charge is 2.47. The number of amides is 1. The summed E-state index contributed by atoms with van der Waals surface area (Å²) in [5, 5.41) is 11.3. The summed E-state index contributed by atoms with van der Waals surface area (Å²) in [4.78, 5) is 46.7. The van der Waals surface area contributed by atoms with Gasteiger partial charge in [0, 0.05) is 36.7 Å². The number of carbonyl (C=O) groups is 3. The van der Waals surface area contributed by atoms with Crippen molar-refractivity contribution in [2.45, 2.75) is 39.8 Å². The molecule has 1 fully saturated rings. The number of esters is 1. The monoisotopic (exact) mass is 466 g/mol. The average Bonchev–Trinajstić information content (AvgIpc) is 3.58. The van der Waals surface area contributed by atoms with Crippen LogP contribution >= 0.6 is 0 Å². The molecule has 1 saturated heterocycles. The van der Waals surface area contributed by atoms with Crippen molar-refractivity contribution in [3.8, 4) is 0 Å². The second kappa shape index (κ2) is 9.05. The Balaban J connectivity index is 1.78. The van der Waals surface area contributed by atoms with Crippen LogP contribution in [0.5, 0.6) is 0 Å². The van der Waals surface area contributed by atoms with E-state index in [-0.39, 0.29) is 29.1 Å². The molecule has 2 N–H and O–H groups in total. The number of aromatic amines is 1. The number of aliphatic hydroxyl groups excluding tert-OH is 1. The number of ether oxygens (including phenoxy) is 1. The summed E-state index contributed by atoms with van der Waals surface area (Å²) in [6.45, 7) is 5.94. The lowest BCUT2D eigenvalue weighted by Gasteiger charge is -2.23. The molecular weight excluding hydrogens is 440 g/mol. The van der Waals surface area contributed by atoms with E-state index in [2.05, 4.69) is 9.97 Å². The average molecular weight is 466 g/mol. The van der Waals surface area contributed by atoms with Crippen LogP contribution in [0.4, 0.5) is 0 Å². The summed E-state index contributed by atoms with van der Waals surface area (Å²) in [6, 6.07) is 2.54. The van der Waals surface area contributed by atoms with Gasteiger partial charge < -0.3 is 28.7 Å². The molecule has 0 aromatic carbocycles. The summed E-state index contributed by atoms with van der Waals surface area (Å²) < 4.78 is 12.5. The molecule has 1 amide bonds. The molecule has 178 valence electrons. The largest absolute Gasteiger partial charge is 0.507 e. The lowest BCUT2D eigenvalue weighted by atomic mass is 9.97. The molecule has 4 heterocycles. The number of hydrogen-bond acceptors (Lipinski definition) is 7. The number of hydrogen-bond donors (Lipinski definition) is 2. The Hall–Kier alpha value is -4.08. The van der Waals surface area contributed by atoms with Gasteiger partial charge in [0.2, 0.25) is 0 Å². The van der Waals surface area contributed by atoms with Crippen LogP contribution in [0.15, 0.2) is 40.8 Å². The van der Waals surface area contributed by atoms with Gasteiger partial charge in [0.25, 0.3) is 11.7 Å². The zero-order valence-electron chi connectivity index (χ0n) is 19.4. The van der Waals surface area contributed by atoms with Gasteiger partial charge >= 0.3 is 5.97 Å². The number of aryl methyl sites for hydroxylation is 3. The number of nitrogens with one attached hydrogen (secondary N) is 1. The molecule has 1 aliphatic rings. The normalized spacial score (nSPS) is 17.5. The fraction of sp³-hybridized carbons (Fsp3) is 0.333. The first kappa shape index (κ1) is 23.1. The molecule has 0 bridgehead atoms. The number of aliphatic hydroxyl groups is 1. The van der Waals surface area contributed by atoms with Crippen LogP contribution in [0.3, 0.4) is 0 Å². The molecule has 0 aliphatic carbocycles. The third-order valence-corrected chi connectivity index (χ3v) is 6.01. The smallest absolute Gasteiger partial charge is 0.354 e. The third-order valence-electron chi connectivity index (χ3n) is 6.01. The van der Waals surface area contributed by atoms with Crippen molar-refractivity contribution in [3.63, 3.8) is 0 Å². The Morgan fingerprint density at radius 2 is 2.00 bits per heavy atom. The predicted octanol–water partition coefficient (Wildman–Crippen LogP) is 3.03. The Labute approximate surface area is 195 Å². The minimum absolute atomic E-state index is 0.0800. The van der Waals surface area contributed by atoms with Crippen LogP contribution in [0.2, 0.25) is 0 Å². The van der Waals surface area contributed by atoms with E-state index in [1.165, 1.54) is 12.0 Å². The van der Waals surface area contributed by atoms with Crippen molar-refractivity contribution < 1.29 is 28.6 Å². The molecule has 0 unspecified atom stereocenters. The van der Waals surface area contributed by atoms with Crippen molar-refractivity contribution in [2.24, 2.45) is 0 Å². The van der Waals surface area contributed by atoms with Crippen LogP contribution in [-0.2, 0) is 20.9 Å².